The largest absolute Gasteiger partial charge is 0.500 e. The predicted molar refractivity (Wildman–Crippen MR) is 91.2 cm³/mol. The summed E-state index contributed by atoms with van der Waals surface area (Å²) in [5.74, 6) is 0. The van der Waals surface area contributed by atoms with E-state index in [0.29, 0.717) is 0 Å². The van der Waals surface area contributed by atoms with Gasteiger partial charge in [0.2, 0.25) is 0 Å². The van der Waals surface area contributed by atoms with Crippen LogP contribution in [0, 0.1) is 6.92 Å². The predicted octanol–water partition coefficient (Wildman–Crippen LogP) is 2.11. The SMILES string of the molecule is CCC[Si](OC)(OC)OC.CCO.CCO.CCO.[CH2-]C.[Zr]. The molecule has 0 amide bonds. The van der Waals surface area contributed by atoms with E-state index in [2.05, 4.69) is 13.8 Å². The van der Waals surface area contributed by atoms with Crippen LogP contribution in [0.5, 0.6) is 0 Å². The van der Waals surface area contributed by atoms with Crippen LogP contribution in [0.3, 0.4) is 0 Å². The molecule has 0 aliphatic carbocycles. The molecule has 8 heteroatoms. The first-order valence-corrected chi connectivity index (χ1v) is 9.11. The molecule has 0 rings (SSSR count). The summed E-state index contributed by atoms with van der Waals surface area (Å²) in [4.78, 5) is 0. The van der Waals surface area contributed by atoms with E-state index >= 15 is 0 Å². The van der Waals surface area contributed by atoms with E-state index in [1.165, 1.54) is 0 Å². The van der Waals surface area contributed by atoms with Gasteiger partial charge in [-0.15, -0.1) is 0 Å². The van der Waals surface area contributed by atoms with Gasteiger partial charge in [0.1, 0.15) is 0 Å². The second-order valence-electron chi connectivity index (χ2n) is 2.99. The Hall–Kier alpha value is 0.860. The first kappa shape index (κ1) is 38.4. The quantitative estimate of drug-likeness (QED) is 0.464. The Morgan fingerprint density at radius 3 is 0.955 bits per heavy atom. The van der Waals surface area contributed by atoms with Crippen molar-refractivity contribution in [2.45, 2.75) is 47.1 Å². The normalized spacial score (nSPS) is 8.18. The summed E-state index contributed by atoms with van der Waals surface area (Å²) in [6, 6.07) is 0.885. The fraction of sp³-hybridized carbons (Fsp3) is 0.929. The van der Waals surface area contributed by atoms with Crippen molar-refractivity contribution in [3.8, 4) is 0 Å². The molecule has 0 aromatic carbocycles. The molecule has 0 aromatic heterocycles. The molecule has 0 aliphatic heterocycles. The molecule has 0 heterocycles. The van der Waals surface area contributed by atoms with Crippen LogP contribution in [0.2, 0.25) is 6.04 Å². The smallest absolute Gasteiger partial charge is 0.397 e. The molecule has 0 atom stereocenters. The van der Waals surface area contributed by atoms with Crippen LogP contribution in [0.1, 0.15) is 41.0 Å². The van der Waals surface area contributed by atoms with Gasteiger partial charge in [-0.2, -0.15) is 6.92 Å². The fourth-order valence-electron chi connectivity index (χ4n) is 0.862. The number of rotatable bonds is 5. The third-order valence-corrected chi connectivity index (χ3v) is 4.47. The minimum absolute atomic E-state index is 0. The van der Waals surface area contributed by atoms with Crippen LogP contribution < -0.4 is 0 Å². The molecule has 140 valence electrons. The van der Waals surface area contributed by atoms with E-state index in [0.717, 1.165) is 12.5 Å². The van der Waals surface area contributed by atoms with E-state index in [9.17, 15) is 0 Å². The standard InChI is InChI=1S/C6H16O3Si.3C2H6O.C2H5.Zr/c1-5-6-10(7-2,8-3)9-4;3*1-2-3;1-2;/h5-6H2,1-4H3;3*3H,2H2,1H3;1H2,2H3;/q;;;;-1;. The van der Waals surface area contributed by atoms with Gasteiger partial charge < -0.3 is 35.5 Å². The first-order valence-electron chi connectivity index (χ1n) is 7.17. The van der Waals surface area contributed by atoms with Gasteiger partial charge in [-0.25, -0.2) is 0 Å². The zero-order valence-electron chi connectivity index (χ0n) is 15.8. The summed E-state index contributed by atoms with van der Waals surface area (Å²) in [5, 5.41) is 22.7. The molecule has 0 saturated heterocycles. The Bertz CT molecular complexity index is 117. The average molecular weight is 423 g/mol. The molecule has 6 nitrogen and oxygen atoms in total. The third-order valence-electron chi connectivity index (χ3n) is 1.49. The molecule has 0 aliphatic rings. The Morgan fingerprint density at radius 2 is 0.909 bits per heavy atom. The Morgan fingerprint density at radius 1 is 0.727 bits per heavy atom. The maximum Gasteiger partial charge on any atom is 0.500 e. The van der Waals surface area contributed by atoms with Crippen LogP contribution in [0.15, 0.2) is 0 Å². The zero-order chi connectivity index (χ0) is 18.2. The second kappa shape index (κ2) is 43.1. The molecule has 0 spiro atoms. The maximum absolute atomic E-state index is 7.57. The average Bonchev–Trinajstić information content (AvgIpc) is 2.50. The van der Waals surface area contributed by atoms with Crippen molar-refractivity contribution in [2.24, 2.45) is 0 Å². The van der Waals surface area contributed by atoms with Crippen LogP contribution >= 0.6 is 0 Å². The minimum atomic E-state index is -2.22. The summed E-state index contributed by atoms with van der Waals surface area (Å²) in [6.07, 6.45) is 1.03. The number of hydrogen-bond donors (Lipinski definition) is 3. The van der Waals surface area contributed by atoms with E-state index < -0.39 is 8.80 Å². The van der Waals surface area contributed by atoms with E-state index in [1.54, 1.807) is 49.0 Å². The van der Waals surface area contributed by atoms with Crippen molar-refractivity contribution in [2.75, 3.05) is 41.2 Å². The number of aliphatic hydroxyl groups excluding tert-OH is 3. The number of hydrogen-bond acceptors (Lipinski definition) is 6. The summed E-state index contributed by atoms with van der Waals surface area (Å²) in [5.41, 5.74) is 0. The minimum Gasteiger partial charge on any atom is -0.397 e. The van der Waals surface area contributed by atoms with E-state index in [-0.39, 0.29) is 46.0 Å². The fourth-order valence-corrected chi connectivity index (χ4v) is 2.59. The van der Waals surface area contributed by atoms with Crippen molar-refractivity contribution in [3.63, 3.8) is 0 Å². The van der Waals surface area contributed by atoms with Crippen molar-refractivity contribution in [1.29, 1.82) is 0 Å². The summed E-state index contributed by atoms with van der Waals surface area (Å²) >= 11 is 0. The molecule has 22 heavy (non-hydrogen) atoms. The van der Waals surface area contributed by atoms with Crippen molar-refractivity contribution in [1.82, 2.24) is 0 Å². The maximum atomic E-state index is 7.57. The van der Waals surface area contributed by atoms with Crippen molar-refractivity contribution < 1.29 is 54.8 Å². The van der Waals surface area contributed by atoms with E-state index in [1.807, 2.05) is 0 Å². The van der Waals surface area contributed by atoms with Gasteiger partial charge in [0.05, 0.1) is 0 Å². The number of aliphatic hydroxyl groups is 3. The van der Waals surface area contributed by atoms with Crippen LogP contribution in [0.25, 0.3) is 0 Å². The molecular weight excluding hydrogens is 383 g/mol. The van der Waals surface area contributed by atoms with E-state index in [4.69, 9.17) is 28.6 Å². The topological polar surface area (TPSA) is 88.4 Å². The summed E-state index contributed by atoms with van der Waals surface area (Å²) in [6.45, 7) is 12.9. The molecule has 0 unspecified atom stereocenters. The molecular formula is C14H39O6SiZr-. The molecule has 0 bridgehead atoms. The first-order chi connectivity index (χ1) is 9.99. The summed E-state index contributed by atoms with van der Waals surface area (Å²) < 4.78 is 15.5. The molecule has 0 fully saturated rings. The molecule has 0 aromatic rings. The van der Waals surface area contributed by atoms with Gasteiger partial charge in [-0.05, 0) is 20.8 Å². The zero-order valence-corrected chi connectivity index (χ0v) is 19.3. The van der Waals surface area contributed by atoms with Gasteiger partial charge in [0, 0.05) is 73.4 Å². The van der Waals surface area contributed by atoms with Gasteiger partial charge in [-0.1, -0.05) is 13.3 Å². The van der Waals surface area contributed by atoms with Crippen LogP contribution in [-0.2, 0) is 39.5 Å². The summed E-state index contributed by atoms with van der Waals surface area (Å²) in [7, 11) is 2.68. The van der Waals surface area contributed by atoms with Gasteiger partial charge >= 0.3 is 8.80 Å². The second-order valence-corrected chi connectivity index (χ2v) is 6.08. The third kappa shape index (κ3) is 42.8. The van der Waals surface area contributed by atoms with Crippen molar-refractivity contribution >= 4 is 8.80 Å². The van der Waals surface area contributed by atoms with Gasteiger partial charge in [0.15, 0.2) is 0 Å². The van der Waals surface area contributed by atoms with Crippen LogP contribution in [-0.4, -0.2) is 65.3 Å². The Balaban J connectivity index is -0.0000000446. The Labute approximate surface area is 158 Å². The Kier molecular flexibility index (Phi) is 75.2. The molecule has 0 radical (unpaired) electrons. The van der Waals surface area contributed by atoms with Gasteiger partial charge in [0.25, 0.3) is 0 Å². The monoisotopic (exact) mass is 421 g/mol. The molecule has 0 saturated carbocycles. The molecule has 3 N–H and O–H groups in total. The van der Waals surface area contributed by atoms with Gasteiger partial charge in [-0.3, -0.25) is 0 Å². The van der Waals surface area contributed by atoms with Crippen molar-refractivity contribution in [3.05, 3.63) is 6.92 Å². The van der Waals surface area contributed by atoms with Crippen LogP contribution in [0.4, 0.5) is 0 Å².